The van der Waals surface area contributed by atoms with Gasteiger partial charge in [-0.05, 0) is 36.8 Å². The first kappa shape index (κ1) is 18.4. The van der Waals surface area contributed by atoms with Crippen molar-refractivity contribution >= 4 is 17.6 Å². The molecule has 0 aromatic heterocycles. The smallest absolute Gasteiger partial charge is 0.319 e. The quantitative estimate of drug-likeness (QED) is 0.770. The van der Waals surface area contributed by atoms with Crippen LogP contribution in [0.15, 0.2) is 53.7 Å². The minimum atomic E-state index is -1.07. The molecule has 0 fully saturated rings. The van der Waals surface area contributed by atoms with E-state index in [1.54, 1.807) is 31.2 Å². The van der Waals surface area contributed by atoms with Gasteiger partial charge >= 0.3 is 6.03 Å². The van der Waals surface area contributed by atoms with Crippen LogP contribution in [-0.2, 0) is 4.79 Å². The van der Waals surface area contributed by atoms with Crippen molar-refractivity contribution in [3.8, 4) is 5.75 Å². The number of amides is 3. The number of methoxy groups -OCH3 is 1. The Bertz CT molecular complexity index is 944. The molecule has 140 valence electrons. The average Bonchev–Trinajstić information content (AvgIpc) is 2.63. The Morgan fingerprint density at radius 2 is 1.89 bits per heavy atom. The van der Waals surface area contributed by atoms with Gasteiger partial charge in [0.1, 0.15) is 5.75 Å². The van der Waals surface area contributed by atoms with Crippen LogP contribution in [0.3, 0.4) is 0 Å². The van der Waals surface area contributed by atoms with Gasteiger partial charge in [0.2, 0.25) is 0 Å². The number of nitrogens with one attached hydrogen (secondary N) is 3. The maximum Gasteiger partial charge on any atom is 0.319 e. The highest BCUT2D eigenvalue weighted by Crippen LogP contribution is 2.30. The molecule has 1 heterocycles. The molecule has 0 bridgehead atoms. The van der Waals surface area contributed by atoms with Crippen LogP contribution >= 0.6 is 0 Å². The summed E-state index contributed by atoms with van der Waals surface area (Å²) >= 11 is 0. The number of carbonyl (C=O) groups is 2. The number of para-hydroxylation sites is 2. The molecule has 27 heavy (non-hydrogen) atoms. The van der Waals surface area contributed by atoms with E-state index >= 15 is 0 Å². The van der Waals surface area contributed by atoms with Crippen LogP contribution in [0.1, 0.15) is 18.5 Å². The molecule has 0 aliphatic carbocycles. The number of hydrogen-bond acceptors (Lipinski definition) is 3. The van der Waals surface area contributed by atoms with Crippen molar-refractivity contribution in [2.24, 2.45) is 0 Å². The van der Waals surface area contributed by atoms with E-state index in [0.29, 0.717) is 17.1 Å². The Hall–Kier alpha value is -3.42. The minimum Gasteiger partial charge on any atom is -0.495 e. The normalized spacial score (nSPS) is 16.4. The lowest BCUT2D eigenvalue weighted by atomic mass is 9.94. The Morgan fingerprint density at radius 1 is 1.15 bits per heavy atom. The molecule has 3 rings (SSSR count). The van der Waals surface area contributed by atoms with Crippen molar-refractivity contribution in [2.45, 2.75) is 13.0 Å². The summed E-state index contributed by atoms with van der Waals surface area (Å²) in [6.45, 7) is 1.56. The van der Waals surface area contributed by atoms with Crippen LogP contribution in [0.25, 0.3) is 0 Å². The summed E-state index contributed by atoms with van der Waals surface area (Å²) in [5.41, 5.74) is 1.16. The number of anilines is 1. The van der Waals surface area contributed by atoms with Crippen LogP contribution in [0.4, 0.5) is 19.3 Å². The Labute approximate surface area is 154 Å². The zero-order chi connectivity index (χ0) is 19.6. The molecule has 0 saturated carbocycles. The predicted octanol–water partition coefficient (Wildman–Crippen LogP) is 3.24. The number of urea groups is 1. The molecule has 2 aromatic carbocycles. The van der Waals surface area contributed by atoms with Crippen LogP contribution in [0.2, 0.25) is 0 Å². The Morgan fingerprint density at radius 3 is 2.59 bits per heavy atom. The summed E-state index contributed by atoms with van der Waals surface area (Å²) in [7, 11) is 1.47. The van der Waals surface area contributed by atoms with Gasteiger partial charge in [-0.2, -0.15) is 0 Å². The molecule has 3 amide bonds. The van der Waals surface area contributed by atoms with E-state index in [4.69, 9.17) is 4.74 Å². The van der Waals surface area contributed by atoms with Crippen LogP contribution in [-0.4, -0.2) is 19.0 Å². The van der Waals surface area contributed by atoms with E-state index in [9.17, 15) is 18.4 Å². The molecule has 8 heteroatoms. The zero-order valence-corrected chi connectivity index (χ0v) is 14.6. The van der Waals surface area contributed by atoms with Crippen LogP contribution in [0, 0.1) is 11.6 Å². The first-order valence-electron chi connectivity index (χ1n) is 8.08. The van der Waals surface area contributed by atoms with Crippen molar-refractivity contribution in [1.82, 2.24) is 10.6 Å². The average molecular weight is 373 g/mol. The number of halogens is 2. The molecule has 0 saturated heterocycles. The molecule has 0 unspecified atom stereocenters. The van der Waals surface area contributed by atoms with Gasteiger partial charge in [0, 0.05) is 5.70 Å². The molecule has 0 radical (unpaired) electrons. The van der Waals surface area contributed by atoms with E-state index in [0.717, 1.165) is 12.1 Å². The summed E-state index contributed by atoms with van der Waals surface area (Å²) in [6, 6.07) is 8.56. The van der Waals surface area contributed by atoms with E-state index in [-0.39, 0.29) is 11.1 Å². The SMILES string of the molecule is COc1ccccc1NC(=O)C1=C(C)NC(=O)N[C@H]1c1ccc(F)c(F)c1. The predicted molar refractivity (Wildman–Crippen MR) is 95.1 cm³/mol. The fourth-order valence-electron chi connectivity index (χ4n) is 2.87. The number of hydrogen-bond donors (Lipinski definition) is 3. The maximum atomic E-state index is 13.7. The van der Waals surface area contributed by atoms with E-state index in [2.05, 4.69) is 16.0 Å². The first-order valence-corrected chi connectivity index (χ1v) is 8.08. The van der Waals surface area contributed by atoms with Gasteiger partial charge in [-0.15, -0.1) is 0 Å². The van der Waals surface area contributed by atoms with E-state index in [1.807, 2.05) is 0 Å². The third-order valence-electron chi connectivity index (χ3n) is 4.15. The van der Waals surface area contributed by atoms with Gasteiger partial charge in [0.15, 0.2) is 11.6 Å². The van der Waals surface area contributed by atoms with Gasteiger partial charge in [0.05, 0.1) is 24.4 Å². The van der Waals surface area contributed by atoms with Gasteiger partial charge in [0.25, 0.3) is 5.91 Å². The Balaban J connectivity index is 1.98. The van der Waals surface area contributed by atoms with Crippen molar-refractivity contribution in [2.75, 3.05) is 12.4 Å². The summed E-state index contributed by atoms with van der Waals surface area (Å²) in [5, 5.41) is 7.81. The topological polar surface area (TPSA) is 79.5 Å². The monoisotopic (exact) mass is 373 g/mol. The highest BCUT2D eigenvalue weighted by Gasteiger charge is 2.32. The number of ether oxygens (including phenoxy) is 1. The fraction of sp³-hybridized carbons (Fsp3) is 0.158. The molecular weight excluding hydrogens is 356 g/mol. The lowest BCUT2D eigenvalue weighted by Crippen LogP contribution is -2.46. The third-order valence-corrected chi connectivity index (χ3v) is 4.15. The van der Waals surface area contributed by atoms with Crippen molar-refractivity contribution in [3.05, 3.63) is 70.9 Å². The molecule has 0 spiro atoms. The number of carbonyl (C=O) groups excluding carboxylic acids is 2. The summed E-state index contributed by atoms with van der Waals surface area (Å²) < 4.78 is 32.1. The van der Waals surface area contributed by atoms with E-state index < -0.39 is 29.6 Å². The van der Waals surface area contributed by atoms with Gasteiger partial charge in [-0.25, -0.2) is 13.6 Å². The second-order valence-electron chi connectivity index (χ2n) is 5.90. The molecule has 1 atom stereocenters. The standard InChI is InChI=1S/C19H17F2N3O3/c1-10-16(18(25)23-14-5-3-4-6-15(14)27-2)17(24-19(26)22-10)11-7-8-12(20)13(21)9-11/h3-9,17H,1-2H3,(H,23,25)(H2,22,24,26)/t17-/m0/s1. The second kappa shape index (κ2) is 7.45. The summed E-state index contributed by atoms with van der Waals surface area (Å²) in [5.74, 6) is -2.14. The maximum absolute atomic E-state index is 13.7. The van der Waals surface area contributed by atoms with Crippen molar-refractivity contribution < 1.29 is 23.1 Å². The van der Waals surface area contributed by atoms with E-state index in [1.165, 1.54) is 13.2 Å². The molecule has 1 aliphatic rings. The minimum absolute atomic E-state index is 0.173. The largest absolute Gasteiger partial charge is 0.495 e. The van der Waals surface area contributed by atoms with Gasteiger partial charge < -0.3 is 20.7 Å². The van der Waals surface area contributed by atoms with Crippen molar-refractivity contribution in [1.29, 1.82) is 0 Å². The van der Waals surface area contributed by atoms with Crippen molar-refractivity contribution in [3.63, 3.8) is 0 Å². The number of benzene rings is 2. The fourth-order valence-corrected chi connectivity index (χ4v) is 2.87. The highest BCUT2D eigenvalue weighted by atomic mass is 19.2. The third kappa shape index (κ3) is 3.74. The summed E-state index contributed by atoms with van der Waals surface area (Å²) in [4.78, 5) is 24.8. The van der Waals surface area contributed by atoms with Gasteiger partial charge in [-0.1, -0.05) is 18.2 Å². The second-order valence-corrected chi connectivity index (χ2v) is 5.90. The molecule has 3 N–H and O–H groups in total. The molecule has 1 aliphatic heterocycles. The molecular formula is C19H17F2N3O3. The van der Waals surface area contributed by atoms with Gasteiger partial charge in [-0.3, -0.25) is 4.79 Å². The zero-order valence-electron chi connectivity index (χ0n) is 14.6. The highest BCUT2D eigenvalue weighted by molar-refractivity contribution is 6.07. The first-order chi connectivity index (χ1) is 12.9. The lowest BCUT2D eigenvalue weighted by molar-refractivity contribution is -0.113. The van der Waals surface area contributed by atoms with Crippen LogP contribution in [0.5, 0.6) is 5.75 Å². The Kier molecular flexibility index (Phi) is 5.07. The number of allylic oxidation sites excluding steroid dienone is 1. The molecule has 2 aromatic rings. The molecule has 6 nitrogen and oxygen atoms in total. The summed E-state index contributed by atoms with van der Waals surface area (Å²) in [6.07, 6.45) is 0. The number of rotatable bonds is 4. The lowest BCUT2D eigenvalue weighted by Gasteiger charge is -2.28. The van der Waals surface area contributed by atoms with Crippen LogP contribution < -0.4 is 20.7 Å².